The third kappa shape index (κ3) is 4.29. The number of hydrogen-bond acceptors (Lipinski definition) is 5. The average molecular weight is 497 g/mol. The maximum absolute atomic E-state index is 13.3. The molecule has 0 unspecified atom stereocenters. The number of fused-ring (bicyclic) bond motifs is 1. The molecule has 7 nitrogen and oxygen atoms in total. The molecule has 2 aromatic carbocycles. The normalized spacial score (nSPS) is 21.4. The van der Waals surface area contributed by atoms with E-state index in [9.17, 15) is 14.4 Å². The van der Waals surface area contributed by atoms with Gasteiger partial charge in [0, 0.05) is 37.6 Å². The second kappa shape index (κ2) is 9.02. The lowest BCUT2D eigenvalue weighted by Gasteiger charge is -2.35. The van der Waals surface area contributed by atoms with Gasteiger partial charge in [0.2, 0.25) is 5.91 Å². The molecule has 0 bridgehead atoms. The fourth-order valence-electron chi connectivity index (χ4n) is 4.58. The van der Waals surface area contributed by atoms with Gasteiger partial charge in [0.1, 0.15) is 12.1 Å². The Balaban J connectivity index is 1.22. The molecule has 9 heteroatoms. The molecule has 1 N–H and O–H groups in total. The summed E-state index contributed by atoms with van der Waals surface area (Å²) < 4.78 is 0.771. The third-order valence-electron chi connectivity index (χ3n) is 6.63. The number of amides is 4. The number of piperazine rings is 1. The van der Waals surface area contributed by atoms with Crippen LogP contribution in [0.15, 0.2) is 54.6 Å². The van der Waals surface area contributed by atoms with Crippen LogP contribution < -0.4 is 5.32 Å². The molecule has 4 amide bonds. The number of nitrogens with one attached hydrogen (secondary N) is 1. The fraction of sp³-hybridized carbons (Fsp3) is 0.320. The van der Waals surface area contributed by atoms with Crippen molar-refractivity contribution >= 4 is 51.6 Å². The molecular weight excluding hydrogens is 472 g/mol. The van der Waals surface area contributed by atoms with Crippen LogP contribution in [0, 0.1) is 0 Å². The van der Waals surface area contributed by atoms with E-state index in [1.165, 1.54) is 4.88 Å². The predicted octanol–water partition coefficient (Wildman–Crippen LogP) is 3.67. The van der Waals surface area contributed by atoms with Gasteiger partial charge < -0.3 is 10.2 Å². The Morgan fingerprint density at radius 1 is 1.03 bits per heavy atom. The van der Waals surface area contributed by atoms with Gasteiger partial charge in [-0.15, -0.1) is 11.3 Å². The Labute approximate surface area is 206 Å². The lowest BCUT2D eigenvalue weighted by atomic mass is 9.90. The standard InChI is InChI=1S/C25H25ClN4O3S/c1-25(19-7-6-17-4-2-3-5-18(17)14-19)23(32)30(24(33)27-25)16-22(31)29-12-10-28(11-13-29)15-20-8-9-21(26)34-20/h2-9,14H,10-13,15-16H2,1H3,(H,27,33)/t25-/m0/s1. The minimum absolute atomic E-state index is 0.218. The van der Waals surface area contributed by atoms with Gasteiger partial charge in [0.25, 0.3) is 5.91 Å². The Hall–Kier alpha value is -2.94. The van der Waals surface area contributed by atoms with Crippen molar-refractivity contribution in [2.45, 2.75) is 19.0 Å². The van der Waals surface area contributed by atoms with Gasteiger partial charge in [-0.25, -0.2) is 4.79 Å². The van der Waals surface area contributed by atoms with E-state index in [2.05, 4.69) is 10.2 Å². The van der Waals surface area contributed by atoms with E-state index >= 15 is 0 Å². The van der Waals surface area contributed by atoms with Crippen LogP contribution in [0.4, 0.5) is 4.79 Å². The zero-order valence-electron chi connectivity index (χ0n) is 18.8. The number of benzene rings is 2. The lowest BCUT2D eigenvalue weighted by Crippen LogP contribution is -2.51. The van der Waals surface area contributed by atoms with E-state index in [1.54, 1.807) is 23.2 Å². The number of urea groups is 1. The molecule has 0 saturated carbocycles. The van der Waals surface area contributed by atoms with E-state index in [1.807, 2.05) is 54.6 Å². The number of carbonyl (C=O) groups is 3. The maximum atomic E-state index is 13.3. The third-order valence-corrected chi connectivity index (χ3v) is 7.84. The van der Waals surface area contributed by atoms with Gasteiger partial charge >= 0.3 is 6.03 Å². The van der Waals surface area contributed by atoms with Crippen molar-refractivity contribution in [2.75, 3.05) is 32.7 Å². The lowest BCUT2D eigenvalue weighted by molar-refractivity contribution is -0.139. The quantitative estimate of drug-likeness (QED) is 0.547. The van der Waals surface area contributed by atoms with E-state index in [0.717, 1.165) is 39.6 Å². The Bertz CT molecular complexity index is 1270. The molecule has 3 heterocycles. The van der Waals surface area contributed by atoms with Gasteiger partial charge in [0.05, 0.1) is 4.34 Å². The Morgan fingerprint density at radius 2 is 1.76 bits per heavy atom. The van der Waals surface area contributed by atoms with Gasteiger partial charge in [-0.2, -0.15) is 0 Å². The molecule has 5 rings (SSSR count). The van der Waals surface area contributed by atoms with Crippen LogP contribution in [0.5, 0.6) is 0 Å². The number of imide groups is 1. The molecule has 1 atom stereocenters. The summed E-state index contributed by atoms with van der Waals surface area (Å²) in [6, 6.07) is 16.9. The summed E-state index contributed by atoms with van der Waals surface area (Å²) in [5.74, 6) is -0.626. The number of rotatable bonds is 5. The molecule has 0 spiro atoms. The topological polar surface area (TPSA) is 73.0 Å². The monoisotopic (exact) mass is 496 g/mol. The smallest absolute Gasteiger partial charge is 0.325 e. The predicted molar refractivity (Wildman–Crippen MR) is 133 cm³/mol. The van der Waals surface area contributed by atoms with Crippen molar-refractivity contribution in [1.82, 2.24) is 20.0 Å². The first-order valence-electron chi connectivity index (χ1n) is 11.2. The SMILES string of the molecule is C[C@@]1(c2ccc3ccccc3c2)NC(=O)N(CC(=O)N2CCN(Cc3ccc(Cl)s3)CC2)C1=O. The van der Waals surface area contributed by atoms with E-state index < -0.39 is 17.5 Å². The second-order valence-corrected chi connectivity index (χ2v) is 10.7. The highest BCUT2D eigenvalue weighted by molar-refractivity contribution is 7.16. The summed E-state index contributed by atoms with van der Waals surface area (Å²) in [6.07, 6.45) is 0. The van der Waals surface area contributed by atoms with Crippen LogP contribution in [0.25, 0.3) is 10.8 Å². The highest BCUT2D eigenvalue weighted by Gasteiger charge is 2.49. The highest BCUT2D eigenvalue weighted by atomic mass is 35.5. The number of halogens is 1. The summed E-state index contributed by atoms with van der Waals surface area (Å²) in [5, 5.41) is 4.85. The van der Waals surface area contributed by atoms with Crippen molar-refractivity contribution in [3.05, 3.63) is 69.4 Å². The summed E-state index contributed by atoms with van der Waals surface area (Å²) >= 11 is 7.58. The number of hydrogen-bond donors (Lipinski definition) is 1. The molecule has 0 radical (unpaired) electrons. The molecule has 2 saturated heterocycles. The van der Waals surface area contributed by atoms with E-state index in [0.29, 0.717) is 18.7 Å². The summed E-state index contributed by atoms with van der Waals surface area (Å²) in [6.45, 7) is 4.82. The average Bonchev–Trinajstić information content (AvgIpc) is 3.34. The van der Waals surface area contributed by atoms with Crippen molar-refractivity contribution in [2.24, 2.45) is 0 Å². The first-order chi connectivity index (χ1) is 16.3. The largest absolute Gasteiger partial charge is 0.339 e. The molecule has 2 fully saturated rings. The Kier molecular flexibility index (Phi) is 6.06. The first kappa shape index (κ1) is 22.8. The van der Waals surface area contributed by atoms with Crippen LogP contribution in [-0.2, 0) is 21.7 Å². The Morgan fingerprint density at radius 3 is 2.47 bits per heavy atom. The van der Waals surface area contributed by atoms with Gasteiger partial charge in [-0.05, 0) is 41.5 Å². The summed E-state index contributed by atoms with van der Waals surface area (Å²) in [5.41, 5.74) is -0.510. The zero-order valence-corrected chi connectivity index (χ0v) is 20.4. The van der Waals surface area contributed by atoms with Crippen molar-refractivity contribution < 1.29 is 14.4 Å². The molecule has 2 aliphatic rings. The van der Waals surface area contributed by atoms with Crippen molar-refractivity contribution in [1.29, 1.82) is 0 Å². The number of nitrogens with zero attached hydrogens (tertiary/aromatic N) is 3. The first-order valence-corrected chi connectivity index (χ1v) is 12.4. The minimum Gasteiger partial charge on any atom is -0.339 e. The molecular formula is C25H25ClN4O3S. The van der Waals surface area contributed by atoms with Crippen LogP contribution in [0.2, 0.25) is 4.34 Å². The minimum atomic E-state index is -1.21. The fourth-order valence-corrected chi connectivity index (χ4v) is 5.71. The van der Waals surface area contributed by atoms with E-state index in [-0.39, 0.29) is 12.5 Å². The van der Waals surface area contributed by atoms with E-state index in [4.69, 9.17) is 11.6 Å². The number of carbonyl (C=O) groups excluding carboxylic acids is 3. The van der Waals surface area contributed by atoms with Crippen LogP contribution >= 0.6 is 22.9 Å². The zero-order chi connectivity index (χ0) is 23.9. The molecule has 2 aliphatic heterocycles. The molecule has 1 aromatic heterocycles. The molecule has 176 valence electrons. The number of thiophene rings is 1. The van der Waals surface area contributed by atoms with Crippen LogP contribution in [0.3, 0.4) is 0 Å². The van der Waals surface area contributed by atoms with Crippen molar-refractivity contribution in [3.63, 3.8) is 0 Å². The van der Waals surface area contributed by atoms with Crippen molar-refractivity contribution in [3.8, 4) is 0 Å². The summed E-state index contributed by atoms with van der Waals surface area (Å²) in [7, 11) is 0. The highest BCUT2D eigenvalue weighted by Crippen LogP contribution is 2.31. The molecule has 3 aromatic rings. The van der Waals surface area contributed by atoms with Gasteiger partial charge in [-0.3, -0.25) is 19.4 Å². The molecule has 0 aliphatic carbocycles. The van der Waals surface area contributed by atoms with Gasteiger partial charge in [-0.1, -0.05) is 48.0 Å². The summed E-state index contributed by atoms with van der Waals surface area (Å²) in [4.78, 5) is 45.2. The van der Waals surface area contributed by atoms with Crippen LogP contribution in [-0.4, -0.2) is 65.3 Å². The second-order valence-electron chi connectivity index (χ2n) is 8.87. The molecule has 34 heavy (non-hydrogen) atoms. The van der Waals surface area contributed by atoms with Crippen LogP contribution in [0.1, 0.15) is 17.4 Å². The van der Waals surface area contributed by atoms with Gasteiger partial charge in [0.15, 0.2) is 0 Å². The maximum Gasteiger partial charge on any atom is 0.325 e.